The van der Waals surface area contributed by atoms with Crippen LogP contribution in [0.3, 0.4) is 0 Å². The second-order valence-electron chi connectivity index (χ2n) is 4.73. The highest BCUT2D eigenvalue weighted by Gasteiger charge is 2.04. The summed E-state index contributed by atoms with van der Waals surface area (Å²) in [7, 11) is 1.38. The zero-order chi connectivity index (χ0) is 16.4. The molecule has 0 aliphatic carbocycles. The number of ether oxygens (including phenoxy) is 1. The van der Waals surface area contributed by atoms with Crippen LogP contribution in [0.2, 0.25) is 10.0 Å². The van der Waals surface area contributed by atoms with Crippen LogP contribution in [0.25, 0.3) is 0 Å². The Balaban J connectivity index is 2.12. The predicted molar refractivity (Wildman–Crippen MR) is 87.2 cm³/mol. The number of benzene rings is 1. The van der Waals surface area contributed by atoms with Crippen molar-refractivity contribution >= 4 is 35.2 Å². The summed E-state index contributed by atoms with van der Waals surface area (Å²) >= 11 is 11.8. The monoisotopic (exact) mass is 346 g/mol. The molecule has 0 atom stereocenters. The lowest BCUT2D eigenvalue weighted by Gasteiger charge is -2.09. The van der Waals surface area contributed by atoms with Crippen molar-refractivity contribution in [3.8, 4) is 0 Å². The Labute approximate surface area is 140 Å². The van der Waals surface area contributed by atoms with Crippen LogP contribution in [0.1, 0.15) is 31.2 Å². The molecule has 1 aromatic rings. The molecular weight excluding hydrogens is 327 g/mol. The highest BCUT2D eigenvalue weighted by atomic mass is 35.5. The summed E-state index contributed by atoms with van der Waals surface area (Å²) < 4.78 is 4.55. The van der Waals surface area contributed by atoms with E-state index in [1.54, 1.807) is 18.2 Å². The van der Waals surface area contributed by atoms with Crippen LogP contribution in [-0.4, -0.2) is 25.7 Å². The third-order valence-corrected chi connectivity index (χ3v) is 3.61. The highest BCUT2D eigenvalue weighted by Crippen LogP contribution is 2.20. The summed E-state index contributed by atoms with van der Waals surface area (Å²) in [5.41, 5.74) is 0.805. The molecule has 7 heteroatoms. The van der Waals surface area contributed by atoms with E-state index in [9.17, 15) is 9.59 Å². The summed E-state index contributed by atoms with van der Waals surface area (Å²) in [5, 5.41) is 6.56. The first kappa shape index (κ1) is 18.6. The number of nitrogens with one attached hydrogen (secondary N) is 2. The molecule has 22 heavy (non-hydrogen) atoms. The fraction of sp³-hybridized carbons (Fsp3) is 0.467. The summed E-state index contributed by atoms with van der Waals surface area (Å²) in [5.74, 6) is -0.203. The maximum Gasteiger partial charge on any atom is 0.315 e. The summed E-state index contributed by atoms with van der Waals surface area (Å²) in [6.07, 6.45) is 2.85. The van der Waals surface area contributed by atoms with Crippen molar-refractivity contribution in [3.63, 3.8) is 0 Å². The lowest BCUT2D eigenvalue weighted by molar-refractivity contribution is -0.140. The number of amides is 2. The number of carbonyl (C=O) groups excluding carboxylic acids is 2. The minimum absolute atomic E-state index is 0.203. The molecule has 2 N–H and O–H groups in total. The Bertz CT molecular complexity index is 510. The van der Waals surface area contributed by atoms with Crippen molar-refractivity contribution in [3.05, 3.63) is 33.8 Å². The minimum Gasteiger partial charge on any atom is -0.469 e. The van der Waals surface area contributed by atoms with E-state index in [4.69, 9.17) is 23.2 Å². The molecule has 0 aliphatic rings. The summed E-state index contributed by atoms with van der Waals surface area (Å²) in [4.78, 5) is 22.5. The van der Waals surface area contributed by atoms with Crippen LogP contribution < -0.4 is 10.6 Å². The molecule has 122 valence electrons. The Morgan fingerprint density at radius 2 is 1.91 bits per heavy atom. The normalized spacial score (nSPS) is 10.1. The van der Waals surface area contributed by atoms with Crippen molar-refractivity contribution in [2.24, 2.45) is 0 Å². The lowest BCUT2D eigenvalue weighted by atomic mass is 10.2. The van der Waals surface area contributed by atoms with Gasteiger partial charge < -0.3 is 15.4 Å². The van der Waals surface area contributed by atoms with Gasteiger partial charge in [0, 0.05) is 29.6 Å². The van der Waals surface area contributed by atoms with Gasteiger partial charge in [-0.3, -0.25) is 4.79 Å². The number of unbranched alkanes of at least 4 members (excludes halogenated alkanes) is 2. The number of methoxy groups -OCH3 is 1. The van der Waals surface area contributed by atoms with Gasteiger partial charge >= 0.3 is 12.0 Å². The van der Waals surface area contributed by atoms with Gasteiger partial charge in [0.25, 0.3) is 0 Å². The van der Waals surface area contributed by atoms with Crippen LogP contribution >= 0.6 is 23.2 Å². The van der Waals surface area contributed by atoms with Gasteiger partial charge in [0.2, 0.25) is 0 Å². The van der Waals surface area contributed by atoms with E-state index in [-0.39, 0.29) is 12.0 Å². The summed E-state index contributed by atoms with van der Waals surface area (Å²) in [6.45, 7) is 0.894. The number of esters is 1. The molecular formula is C15H20Cl2N2O3. The van der Waals surface area contributed by atoms with Gasteiger partial charge in [-0.05, 0) is 30.5 Å². The second kappa shape index (κ2) is 10.3. The third-order valence-electron chi connectivity index (χ3n) is 3.03. The van der Waals surface area contributed by atoms with Crippen molar-refractivity contribution in [2.75, 3.05) is 13.7 Å². The Hall–Kier alpha value is -1.46. The predicted octanol–water partition coefficient (Wildman–Crippen LogP) is 3.53. The largest absolute Gasteiger partial charge is 0.469 e. The lowest BCUT2D eigenvalue weighted by Crippen LogP contribution is -2.35. The van der Waals surface area contributed by atoms with Crippen molar-refractivity contribution < 1.29 is 14.3 Å². The Morgan fingerprint density at radius 3 is 2.59 bits per heavy atom. The van der Waals surface area contributed by atoms with Gasteiger partial charge in [-0.1, -0.05) is 35.7 Å². The van der Waals surface area contributed by atoms with Crippen LogP contribution in [0, 0.1) is 0 Å². The molecule has 0 aromatic heterocycles. The minimum atomic E-state index is -0.251. The fourth-order valence-corrected chi connectivity index (χ4v) is 2.25. The van der Waals surface area contributed by atoms with Gasteiger partial charge in [-0.15, -0.1) is 0 Å². The number of urea groups is 1. The van der Waals surface area contributed by atoms with Crippen LogP contribution in [0.5, 0.6) is 0 Å². The van der Waals surface area contributed by atoms with E-state index >= 15 is 0 Å². The van der Waals surface area contributed by atoms with Gasteiger partial charge in [-0.25, -0.2) is 4.79 Å². The first-order valence-electron chi connectivity index (χ1n) is 7.05. The topological polar surface area (TPSA) is 67.4 Å². The smallest absolute Gasteiger partial charge is 0.315 e. The molecule has 0 saturated carbocycles. The van der Waals surface area contributed by atoms with E-state index in [1.807, 2.05) is 0 Å². The first-order chi connectivity index (χ1) is 10.5. The van der Waals surface area contributed by atoms with Crippen molar-refractivity contribution in [1.82, 2.24) is 10.6 Å². The zero-order valence-electron chi connectivity index (χ0n) is 12.5. The van der Waals surface area contributed by atoms with Crippen molar-refractivity contribution in [1.29, 1.82) is 0 Å². The Morgan fingerprint density at radius 1 is 1.14 bits per heavy atom. The molecule has 0 saturated heterocycles. The van der Waals surface area contributed by atoms with E-state index in [0.29, 0.717) is 29.6 Å². The number of rotatable bonds is 8. The summed E-state index contributed by atoms with van der Waals surface area (Å²) in [6, 6.07) is 4.89. The SMILES string of the molecule is COC(=O)CCCCCNC(=O)NCc1ccc(Cl)cc1Cl. The fourth-order valence-electron chi connectivity index (χ4n) is 1.78. The second-order valence-corrected chi connectivity index (χ2v) is 5.58. The molecule has 1 aromatic carbocycles. The number of carbonyl (C=O) groups is 2. The molecule has 0 spiro atoms. The standard InChI is InChI=1S/C15H20Cl2N2O3/c1-22-14(20)5-3-2-4-8-18-15(21)19-10-11-6-7-12(16)9-13(11)17/h6-7,9H,2-5,8,10H2,1H3,(H2,18,19,21). The quantitative estimate of drug-likeness (QED) is 0.558. The molecule has 0 heterocycles. The molecule has 0 fully saturated rings. The zero-order valence-corrected chi connectivity index (χ0v) is 14.0. The highest BCUT2D eigenvalue weighted by molar-refractivity contribution is 6.35. The maximum absolute atomic E-state index is 11.6. The van der Waals surface area contributed by atoms with Gasteiger partial charge in [0.1, 0.15) is 0 Å². The molecule has 5 nitrogen and oxygen atoms in total. The van der Waals surface area contributed by atoms with Crippen LogP contribution in [-0.2, 0) is 16.1 Å². The number of hydrogen-bond acceptors (Lipinski definition) is 3. The van der Waals surface area contributed by atoms with E-state index in [1.165, 1.54) is 7.11 Å². The van der Waals surface area contributed by atoms with E-state index < -0.39 is 0 Å². The molecule has 0 radical (unpaired) electrons. The number of halogens is 2. The van der Waals surface area contributed by atoms with Crippen LogP contribution in [0.15, 0.2) is 18.2 Å². The maximum atomic E-state index is 11.6. The third kappa shape index (κ3) is 7.52. The first-order valence-corrected chi connectivity index (χ1v) is 7.81. The Kier molecular flexibility index (Phi) is 8.70. The molecule has 0 unspecified atom stereocenters. The molecule has 0 bridgehead atoms. The van der Waals surface area contributed by atoms with E-state index in [2.05, 4.69) is 15.4 Å². The molecule has 0 aliphatic heterocycles. The van der Waals surface area contributed by atoms with Crippen LogP contribution in [0.4, 0.5) is 4.79 Å². The molecule has 2 amide bonds. The number of hydrogen-bond donors (Lipinski definition) is 2. The van der Waals surface area contributed by atoms with Gasteiger partial charge in [0.15, 0.2) is 0 Å². The molecule has 1 rings (SSSR count). The van der Waals surface area contributed by atoms with E-state index in [0.717, 1.165) is 24.8 Å². The van der Waals surface area contributed by atoms with Crippen molar-refractivity contribution in [2.45, 2.75) is 32.2 Å². The van der Waals surface area contributed by atoms with Gasteiger partial charge in [-0.2, -0.15) is 0 Å². The average Bonchev–Trinajstić information content (AvgIpc) is 2.49. The van der Waals surface area contributed by atoms with Gasteiger partial charge in [0.05, 0.1) is 7.11 Å². The average molecular weight is 347 g/mol.